The van der Waals surface area contributed by atoms with Gasteiger partial charge in [0.25, 0.3) is 0 Å². The smallest absolute Gasteiger partial charge is 0.327 e. The number of esters is 1. The number of rotatable bonds is 6. The number of anilines is 1. The van der Waals surface area contributed by atoms with Crippen molar-refractivity contribution in [2.45, 2.75) is 31.8 Å². The number of hydrogen-bond acceptors (Lipinski definition) is 7. The summed E-state index contributed by atoms with van der Waals surface area (Å²) in [7, 11) is -0.865. The number of ether oxygens (including phenoxy) is 1. The number of benzene rings is 1. The Kier molecular flexibility index (Phi) is 5.49. The summed E-state index contributed by atoms with van der Waals surface area (Å²) in [6.45, 7) is 4.58. The topological polar surface area (TPSA) is 86.1 Å². The highest BCUT2D eigenvalue weighted by atomic mass is 32.2. The van der Waals surface area contributed by atoms with Crippen molar-refractivity contribution < 1.29 is 13.7 Å². The largest absolute Gasteiger partial charge is 0.468 e. The van der Waals surface area contributed by atoms with Crippen molar-refractivity contribution in [1.82, 2.24) is 14.8 Å². The molecular formula is C22H24N4O3S2. The van der Waals surface area contributed by atoms with Crippen LogP contribution in [0, 0.1) is 13.8 Å². The van der Waals surface area contributed by atoms with Gasteiger partial charge in [-0.05, 0) is 58.6 Å². The van der Waals surface area contributed by atoms with Gasteiger partial charge >= 0.3 is 5.97 Å². The zero-order valence-electron chi connectivity index (χ0n) is 17.9. The van der Waals surface area contributed by atoms with E-state index >= 15 is 0 Å². The molecule has 1 unspecified atom stereocenters. The number of aromatic nitrogens is 3. The maximum atomic E-state index is 12.1. The summed E-state index contributed by atoms with van der Waals surface area (Å²) in [6, 6.07) is 9.58. The van der Waals surface area contributed by atoms with E-state index in [0.29, 0.717) is 12.4 Å². The van der Waals surface area contributed by atoms with E-state index in [2.05, 4.69) is 21.3 Å². The average molecular weight is 457 g/mol. The second-order valence-corrected chi connectivity index (χ2v) is 11.1. The molecule has 9 heteroatoms. The van der Waals surface area contributed by atoms with E-state index < -0.39 is 9.52 Å². The van der Waals surface area contributed by atoms with Crippen molar-refractivity contribution in [1.29, 1.82) is 0 Å². The van der Waals surface area contributed by atoms with Crippen LogP contribution in [0.2, 0.25) is 0 Å². The van der Waals surface area contributed by atoms with Crippen LogP contribution >= 0.6 is 11.3 Å². The van der Waals surface area contributed by atoms with Gasteiger partial charge in [0.05, 0.1) is 17.3 Å². The zero-order valence-corrected chi connectivity index (χ0v) is 19.5. The molecule has 0 fully saturated rings. The second kappa shape index (κ2) is 7.97. The Hall–Kier alpha value is -2.91. The van der Waals surface area contributed by atoms with Gasteiger partial charge in [0.2, 0.25) is 0 Å². The molecule has 0 bridgehead atoms. The van der Waals surface area contributed by atoms with Crippen LogP contribution in [-0.2, 0) is 32.1 Å². The first kappa shape index (κ1) is 21.3. The van der Waals surface area contributed by atoms with Crippen LogP contribution in [0.1, 0.15) is 16.8 Å². The molecule has 1 aromatic carbocycles. The van der Waals surface area contributed by atoms with Crippen molar-refractivity contribution in [2.75, 3.05) is 18.7 Å². The molecule has 31 heavy (non-hydrogen) atoms. The fraction of sp³-hybridized carbons (Fsp3) is 0.273. The molecular weight excluding hydrogens is 432 g/mol. The number of pyridine rings is 1. The summed E-state index contributed by atoms with van der Waals surface area (Å²) in [5.41, 5.74) is 3.96. The number of fused-ring (bicyclic) bond motifs is 3. The lowest BCUT2D eigenvalue weighted by Crippen LogP contribution is -2.13. The summed E-state index contributed by atoms with van der Waals surface area (Å²) in [5, 5.41) is 9.04. The monoisotopic (exact) mass is 456 g/mol. The van der Waals surface area contributed by atoms with Gasteiger partial charge in [0.1, 0.15) is 11.4 Å². The highest BCUT2D eigenvalue weighted by molar-refractivity contribution is 7.99. The molecule has 0 aliphatic rings. The Morgan fingerprint density at radius 1 is 1.29 bits per heavy atom. The minimum atomic E-state index is -2.23. The van der Waals surface area contributed by atoms with E-state index in [1.165, 1.54) is 7.11 Å². The van der Waals surface area contributed by atoms with Crippen molar-refractivity contribution in [3.63, 3.8) is 0 Å². The number of nitrogens with one attached hydrogen (secondary N) is 1. The Morgan fingerprint density at radius 2 is 2.00 bits per heavy atom. The maximum absolute atomic E-state index is 12.1. The molecule has 0 saturated carbocycles. The van der Waals surface area contributed by atoms with E-state index in [0.717, 1.165) is 42.1 Å². The number of carbonyl (C=O) groups is 1. The lowest BCUT2D eigenvalue weighted by molar-refractivity contribution is -0.141. The summed E-state index contributed by atoms with van der Waals surface area (Å²) in [4.78, 5) is 18.3. The SMILES string of the molecule is C=S(C)(=O)c1ccc(CNc2nn(CC(=O)OC)c3c2sc2nc(C)cc(C)c23)cc1. The average Bonchev–Trinajstić information content (AvgIpc) is 3.23. The molecule has 0 saturated heterocycles. The number of methoxy groups -OCH3 is 1. The first-order valence-electron chi connectivity index (χ1n) is 9.66. The third-order valence-electron chi connectivity index (χ3n) is 5.04. The summed E-state index contributed by atoms with van der Waals surface area (Å²) >= 11 is 1.56. The number of hydrogen-bond donors (Lipinski definition) is 1. The van der Waals surface area contributed by atoms with Gasteiger partial charge < -0.3 is 10.1 Å². The molecule has 1 N–H and O–H groups in total. The molecule has 0 spiro atoms. The van der Waals surface area contributed by atoms with Crippen LogP contribution in [0.25, 0.3) is 20.4 Å². The molecule has 1 atom stereocenters. The molecule has 0 aliphatic carbocycles. The van der Waals surface area contributed by atoms with Gasteiger partial charge in [-0.1, -0.05) is 12.1 Å². The molecule has 162 valence electrons. The predicted molar refractivity (Wildman–Crippen MR) is 128 cm³/mol. The second-order valence-electron chi connectivity index (χ2n) is 7.63. The standard InChI is InChI=1S/C22H24N4O3S2/c1-13-10-14(2)24-22-18(13)19-20(30-22)21(25-26(19)12-17(27)29-3)23-11-15-6-8-16(9-7-15)31(4,5)28/h6-10H,4,11-12H2,1-3,5H3,(H,23,25). The lowest BCUT2D eigenvalue weighted by Gasteiger charge is -2.07. The minimum Gasteiger partial charge on any atom is -0.468 e. The molecule has 3 heterocycles. The first-order valence-corrected chi connectivity index (χ1v) is 12.6. The van der Waals surface area contributed by atoms with Gasteiger partial charge in [-0.25, -0.2) is 9.67 Å². The summed E-state index contributed by atoms with van der Waals surface area (Å²) in [5.74, 6) is 4.06. The first-order chi connectivity index (χ1) is 14.7. The Bertz CT molecular complexity index is 1400. The van der Waals surface area contributed by atoms with E-state index in [4.69, 9.17) is 4.74 Å². The van der Waals surface area contributed by atoms with Crippen LogP contribution in [0.15, 0.2) is 35.2 Å². The van der Waals surface area contributed by atoms with Crippen molar-refractivity contribution in [2.24, 2.45) is 0 Å². The molecule has 7 nitrogen and oxygen atoms in total. The predicted octanol–water partition coefficient (Wildman–Crippen LogP) is 3.75. The van der Waals surface area contributed by atoms with Crippen LogP contribution in [-0.4, -0.2) is 44.2 Å². The van der Waals surface area contributed by atoms with Gasteiger partial charge in [0.15, 0.2) is 5.82 Å². The molecule has 0 aliphatic heterocycles. The van der Waals surface area contributed by atoms with Crippen molar-refractivity contribution >= 4 is 58.9 Å². The van der Waals surface area contributed by atoms with Crippen LogP contribution in [0.4, 0.5) is 5.82 Å². The van der Waals surface area contributed by atoms with E-state index in [9.17, 15) is 9.00 Å². The van der Waals surface area contributed by atoms with Crippen LogP contribution in [0.3, 0.4) is 0 Å². The number of thiophene rings is 1. The highest BCUT2D eigenvalue weighted by Crippen LogP contribution is 2.39. The number of carbonyl (C=O) groups excluding carboxylic acids is 1. The van der Waals surface area contributed by atoms with Gasteiger partial charge in [0, 0.05) is 28.8 Å². The Labute approximate surface area is 185 Å². The van der Waals surface area contributed by atoms with Crippen molar-refractivity contribution in [3.05, 3.63) is 47.2 Å². The Balaban J connectivity index is 1.73. The molecule has 0 radical (unpaired) electrons. The minimum absolute atomic E-state index is 0.0247. The van der Waals surface area contributed by atoms with E-state index in [-0.39, 0.29) is 12.5 Å². The highest BCUT2D eigenvalue weighted by Gasteiger charge is 2.21. The fourth-order valence-electron chi connectivity index (χ4n) is 3.54. The molecule has 3 aromatic heterocycles. The normalized spacial score (nSPS) is 13.4. The molecule has 4 aromatic rings. The molecule has 4 rings (SSSR count). The Morgan fingerprint density at radius 3 is 2.65 bits per heavy atom. The van der Waals surface area contributed by atoms with E-state index in [1.54, 1.807) is 22.3 Å². The lowest BCUT2D eigenvalue weighted by atomic mass is 10.1. The summed E-state index contributed by atoms with van der Waals surface area (Å²) < 4.78 is 19.6. The van der Waals surface area contributed by atoms with Gasteiger partial charge in [-0.15, -0.1) is 11.3 Å². The third kappa shape index (κ3) is 4.15. The molecule has 0 amide bonds. The third-order valence-corrected chi connectivity index (χ3v) is 7.39. The van der Waals surface area contributed by atoms with Crippen LogP contribution < -0.4 is 5.32 Å². The fourth-order valence-corrected chi connectivity index (χ4v) is 5.51. The maximum Gasteiger partial charge on any atom is 0.327 e. The quantitative estimate of drug-likeness (QED) is 0.351. The van der Waals surface area contributed by atoms with E-state index in [1.807, 2.05) is 44.2 Å². The number of aryl methyl sites for hydroxylation is 2. The summed E-state index contributed by atoms with van der Waals surface area (Å²) in [6.07, 6.45) is 1.63. The van der Waals surface area contributed by atoms with Gasteiger partial charge in [-0.2, -0.15) is 5.10 Å². The van der Waals surface area contributed by atoms with Crippen LogP contribution in [0.5, 0.6) is 0 Å². The van der Waals surface area contributed by atoms with Gasteiger partial charge in [-0.3, -0.25) is 9.00 Å². The van der Waals surface area contributed by atoms with Crippen molar-refractivity contribution in [3.8, 4) is 0 Å². The zero-order chi connectivity index (χ0) is 22.3. The number of nitrogens with zero attached hydrogens (tertiary/aromatic N) is 3.